The van der Waals surface area contributed by atoms with E-state index in [4.69, 9.17) is 5.26 Å². The molecule has 0 aromatic carbocycles. The second-order valence-electron chi connectivity index (χ2n) is 4.69. The molecule has 0 aliphatic carbocycles. The molecule has 0 atom stereocenters. The molecule has 0 aliphatic heterocycles. The lowest BCUT2D eigenvalue weighted by Gasteiger charge is -2.24. The van der Waals surface area contributed by atoms with E-state index in [-0.39, 0.29) is 0 Å². The summed E-state index contributed by atoms with van der Waals surface area (Å²) in [6, 6.07) is 9.72. The van der Waals surface area contributed by atoms with Crippen LogP contribution in [0.2, 0.25) is 0 Å². The Morgan fingerprint density at radius 3 is 2.60 bits per heavy atom. The molecule has 104 valence electrons. The van der Waals surface area contributed by atoms with Crippen molar-refractivity contribution in [2.45, 2.75) is 6.54 Å². The Kier molecular flexibility index (Phi) is 5.04. The lowest BCUT2D eigenvalue weighted by Crippen LogP contribution is -2.31. The van der Waals surface area contributed by atoms with E-state index in [0.29, 0.717) is 5.69 Å². The van der Waals surface area contributed by atoms with Crippen LogP contribution >= 0.6 is 11.3 Å². The molecular weight excluding hydrogens is 270 g/mol. The number of hydrogen-bond donors (Lipinski definition) is 0. The van der Waals surface area contributed by atoms with Crippen LogP contribution in [0.5, 0.6) is 0 Å². The molecule has 2 heterocycles. The molecule has 0 aliphatic rings. The Morgan fingerprint density at radius 2 is 2.05 bits per heavy atom. The second kappa shape index (κ2) is 6.98. The fourth-order valence-electron chi connectivity index (χ4n) is 1.74. The lowest BCUT2D eigenvalue weighted by atomic mass is 10.3. The summed E-state index contributed by atoms with van der Waals surface area (Å²) >= 11 is 1.73. The van der Waals surface area contributed by atoms with Crippen molar-refractivity contribution in [1.82, 2.24) is 15.1 Å². The summed E-state index contributed by atoms with van der Waals surface area (Å²) in [6.07, 6.45) is 0. The molecular formula is C14H17N5S. The molecule has 0 saturated heterocycles. The minimum Gasteiger partial charge on any atom is -0.349 e. The predicted octanol–water partition coefficient (Wildman–Crippen LogP) is 1.98. The minimum atomic E-state index is 0.345. The maximum Gasteiger partial charge on any atom is 0.163 e. The molecule has 20 heavy (non-hydrogen) atoms. The van der Waals surface area contributed by atoms with Gasteiger partial charge in [-0.15, -0.1) is 21.5 Å². The fourth-order valence-corrected chi connectivity index (χ4v) is 2.46. The SMILES string of the molecule is CN(C)CCN(Cc1cccs1)c1ccc(C#N)nn1. The summed E-state index contributed by atoms with van der Waals surface area (Å²) in [6.45, 7) is 2.62. The van der Waals surface area contributed by atoms with Gasteiger partial charge in [-0.3, -0.25) is 0 Å². The third kappa shape index (κ3) is 4.02. The van der Waals surface area contributed by atoms with E-state index in [1.807, 2.05) is 26.2 Å². The maximum absolute atomic E-state index is 8.78. The molecule has 2 aromatic heterocycles. The van der Waals surface area contributed by atoms with Crippen molar-refractivity contribution in [3.8, 4) is 6.07 Å². The first-order chi connectivity index (χ1) is 9.69. The third-order valence-corrected chi connectivity index (χ3v) is 3.69. The highest BCUT2D eigenvalue weighted by Crippen LogP contribution is 2.17. The van der Waals surface area contributed by atoms with E-state index in [0.717, 1.165) is 25.5 Å². The Bertz CT molecular complexity index is 556. The summed E-state index contributed by atoms with van der Waals surface area (Å²) in [5.41, 5.74) is 0.345. The van der Waals surface area contributed by atoms with E-state index in [1.165, 1.54) is 4.88 Å². The van der Waals surface area contributed by atoms with E-state index in [1.54, 1.807) is 17.4 Å². The van der Waals surface area contributed by atoms with Crippen LogP contribution in [0.4, 0.5) is 5.82 Å². The smallest absolute Gasteiger partial charge is 0.163 e. The average Bonchev–Trinajstić information content (AvgIpc) is 2.96. The predicted molar refractivity (Wildman–Crippen MR) is 80.7 cm³/mol. The quantitative estimate of drug-likeness (QED) is 0.813. The highest BCUT2D eigenvalue weighted by Gasteiger charge is 2.10. The van der Waals surface area contributed by atoms with Gasteiger partial charge < -0.3 is 9.80 Å². The van der Waals surface area contributed by atoms with Gasteiger partial charge >= 0.3 is 0 Å². The second-order valence-corrected chi connectivity index (χ2v) is 5.73. The van der Waals surface area contributed by atoms with Gasteiger partial charge in [0, 0.05) is 18.0 Å². The highest BCUT2D eigenvalue weighted by atomic mass is 32.1. The molecule has 0 bridgehead atoms. The molecule has 2 aromatic rings. The first-order valence-corrected chi connectivity index (χ1v) is 7.23. The number of hydrogen-bond acceptors (Lipinski definition) is 6. The zero-order valence-electron chi connectivity index (χ0n) is 11.7. The molecule has 0 spiro atoms. The summed E-state index contributed by atoms with van der Waals surface area (Å²) in [5.74, 6) is 0.805. The molecule has 0 radical (unpaired) electrons. The van der Waals surface area contributed by atoms with Crippen LogP contribution in [0.1, 0.15) is 10.6 Å². The van der Waals surface area contributed by atoms with Crippen LogP contribution in [0.25, 0.3) is 0 Å². The Balaban J connectivity index is 2.13. The van der Waals surface area contributed by atoms with Crippen LogP contribution in [-0.2, 0) is 6.54 Å². The Labute approximate surface area is 123 Å². The molecule has 0 N–H and O–H groups in total. The van der Waals surface area contributed by atoms with Gasteiger partial charge in [-0.1, -0.05) is 6.07 Å². The van der Waals surface area contributed by atoms with Crippen molar-refractivity contribution in [3.63, 3.8) is 0 Å². The van der Waals surface area contributed by atoms with E-state index in [9.17, 15) is 0 Å². The van der Waals surface area contributed by atoms with Gasteiger partial charge in [0.15, 0.2) is 11.5 Å². The number of likely N-dealkylation sites (N-methyl/N-ethyl adjacent to an activating group) is 1. The first kappa shape index (κ1) is 14.4. The van der Waals surface area contributed by atoms with Gasteiger partial charge in [0.25, 0.3) is 0 Å². The van der Waals surface area contributed by atoms with Crippen molar-refractivity contribution >= 4 is 17.2 Å². The molecule has 2 rings (SSSR count). The van der Waals surface area contributed by atoms with Crippen LogP contribution in [0.3, 0.4) is 0 Å². The highest BCUT2D eigenvalue weighted by molar-refractivity contribution is 7.09. The van der Waals surface area contributed by atoms with Crippen molar-refractivity contribution in [2.24, 2.45) is 0 Å². The fraction of sp³-hybridized carbons (Fsp3) is 0.357. The molecule has 0 fully saturated rings. The number of thiophene rings is 1. The zero-order chi connectivity index (χ0) is 14.4. The number of nitrogens with zero attached hydrogens (tertiary/aromatic N) is 5. The van der Waals surface area contributed by atoms with E-state index >= 15 is 0 Å². The van der Waals surface area contributed by atoms with Gasteiger partial charge in [0.2, 0.25) is 0 Å². The molecule has 6 heteroatoms. The van der Waals surface area contributed by atoms with Crippen molar-refractivity contribution < 1.29 is 0 Å². The summed E-state index contributed by atoms with van der Waals surface area (Å²) in [5, 5.41) is 18.9. The van der Waals surface area contributed by atoms with Gasteiger partial charge in [-0.05, 0) is 37.7 Å². The summed E-state index contributed by atoms with van der Waals surface area (Å²) in [4.78, 5) is 5.60. The van der Waals surface area contributed by atoms with E-state index in [2.05, 4.69) is 37.5 Å². The zero-order valence-corrected chi connectivity index (χ0v) is 12.5. The Morgan fingerprint density at radius 1 is 1.20 bits per heavy atom. The first-order valence-electron chi connectivity index (χ1n) is 6.35. The minimum absolute atomic E-state index is 0.345. The van der Waals surface area contributed by atoms with Crippen molar-refractivity contribution in [2.75, 3.05) is 32.1 Å². The summed E-state index contributed by atoms with van der Waals surface area (Å²) < 4.78 is 0. The van der Waals surface area contributed by atoms with E-state index < -0.39 is 0 Å². The average molecular weight is 287 g/mol. The van der Waals surface area contributed by atoms with Gasteiger partial charge in [-0.2, -0.15) is 5.26 Å². The number of rotatable bonds is 6. The molecule has 0 amide bonds. The topological polar surface area (TPSA) is 56.0 Å². The van der Waals surface area contributed by atoms with Crippen LogP contribution in [-0.4, -0.2) is 42.3 Å². The van der Waals surface area contributed by atoms with Crippen LogP contribution in [0, 0.1) is 11.3 Å². The lowest BCUT2D eigenvalue weighted by molar-refractivity contribution is 0.412. The number of aromatic nitrogens is 2. The van der Waals surface area contributed by atoms with Crippen LogP contribution < -0.4 is 4.90 Å². The molecule has 0 unspecified atom stereocenters. The third-order valence-electron chi connectivity index (χ3n) is 2.83. The van der Waals surface area contributed by atoms with Crippen LogP contribution in [0.15, 0.2) is 29.6 Å². The van der Waals surface area contributed by atoms with Gasteiger partial charge in [-0.25, -0.2) is 0 Å². The van der Waals surface area contributed by atoms with Crippen molar-refractivity contribution in [3.05, 3.63) is 40.2 Å². The molecule has 0 saturated carbocycles. The Hall–Kier alpha value is -1.97. The van der Waals surface area contributed by atoms with Crippen molar-refractivity contribution in [1.29, 1.82) is 5.26 Å². The number of anilines is 1. The van der Waals surface area contributed by atoms with Gasteiger partial charge in [0.1, 0.15) is 6.07 Å². The monoisotopic (exact) mass is 287 g/mol. The number of nitriles is 1. The maximum atomic E-state index is 8.78. The largest absolute Gasteiger partial charge is 0.349 e. The molecule has 5 nitrogen and oxygen atoms in total. The van der Waals surface area contributed by atoms with Gasteiger partial charge in [0.05, 0.1) is 6.54 Å². The normalized spacial score (nSPS) is 10.5. The summed E-state index contributed by atoms with van der Waals surface area (Å²) in [7, 11) is 4.10. The standard InChI is InChI=1S/C14H17N5S/c1-18(2)7-8-19(11-13-4-3-9-20-13)14-6-5-12(10-15)16-17-14/h3-6,9H,7-8,11H2,1-2H3.